The second kappa shape index (κ2) is 5.95. The minimum Gasteiger partial charge on any atom is -0.383 e. The summed E-state index contributed by atoms with van der Waals surface area (Å²) in [5.74, 6) is -0.206. The molecule has 1 N–H and O–H groups in total. The lowest BCUT2D eigenvalue weighted by Gasteiger charge is -2.07. The molecule has 0 fully saturated rings. The van der Waals surface area contributed by atoms with E-state index < -0.39 is 0 Å². The Morgan fingerprint density at radius 3 is 3.19 bits per heavy atom. The van der Waals surface area contributed by atoms with Gasteiger partial charge in [0, 0.05) is 18.5 Å². The number of thiophene rings is 1. The number of aryl methyl sites for hydroxylation is 2. The average molecular weight is 307 g/mol. The Labute approximate surface area is 125 Å². The molecular formula is C14H17N3O3S. The van der Waals surface area contributed by atoms with Gasteiger partial charge in [0.2, 0.25) is 5.91 Å². The quantitative estimate of drug-likeness (QED) is 0.826. The highest BCUT2D eigenvalue weighted by Crippen LogP contribution is 2.34. The third-order valence-corrected chi connectivity index (χ3v) is 4.83. The van der Waals surface area contributed by atoms with E-state index in [0.717, 1.165) is 29.7 Å². The van der Waals surface area contributed by atoms with Crippen LogP contribution in [0.2, 0.25) is 0 Å². The van der Waals surface area contributed by atoms with Crippen LogP contribution in [0.5, 0.6) is 0 Å². The Balaban J connectivity index is 1.85. The van der Waals surface area contributed by atoms with Crippen molar-refractivity contribution >= 4 is 27.5 Å². The van der Waals surface area contributed by atoms with Crippen LogP contribution in [-0.2, 0) is 28.9 Å². The molecule has 3 rings (SSSR count). The number of nitrogens with zero attached hydrogens (tertiary/aromatic N) is 2. The largest absolute Gasteiger partial charge is 0.383 e. The van der Waals surface area contributed by atoms with Crippen molar-refractivity contribution in [1.82, 2.24) is 14.9 Å². The maximum Gasteiger partial charge on any atom is 0.262 e. The highest BCUT2D eigenvalue weighted by molar-refractivity contribution is 7.18. The van der Waals surface area contributed by atoms with Gasteiger partial charge in [0.25, 0.3) is 5.56 Å². The van der Waals surface area contributed by atoms with E-state index in [4.69, 9.17) is 4.74 Å². The van der Waals surface area contributed by atoms with Gasteiger partial charge in [0.1, 0.15) is 11.4 Å². The molecule has 1 amide bonds. The van der Waals surface area contributed by atoms with Crippen LogP contribution < -0.4 is 10.9 Å². The van der Waals surface area contributed by atoms with Gasteiger partial charge in [-0.05, 0) is 24.8 Å². The van der Waals surface area contributed by atoms with Gasteiger partial charge >= 0.3 is 0 Å². The van der Waals surface area contributed by atoms with Gasteiger partial charge in [-0.25, -0.2) is 4.98 Å². The van der Waals surface area contributed by atoms with Crippen LogP contribution in [0.25, 0.3) is 10.2 Å². The number of amides is 1. The first-order valence-electron chi connectivity index (χ1n) is 6.96. The molecule has 2 aromatic rings. The summed E-state index contributed by atoms with van der Waals surface area (Å²) in [5, 5.41) is 3.41. The number of rotatable bonds is 5. The van der Waals surface area contributed by atoms with E-state index in [1.54, 1.807) is 18.4 Å². The van der Waals surface area contributed by atoms with E-state index in [1.165, 1.54) is 15.8 Å². The molecule has 1 aliphatic rings. The van der Waals surface area contributed by atoms with Crippen LogP contribution in [0.3, 0.4) is 0 Å². The zero-order chi connectivity index (χ0) is 14.8. The van der Waals surface area contributed by atoms with E-state index in [1.807, 2.05) is 0 Å². The summed E-state index contributed by atoms with van der Waals surface area (Å²) in [6, 6.07) is 0. The molecule has 0 unspecified atom stereocenters. The summed E-state index contributed by atoms with van der Waals surface area (Å²) in [4.78, 5) is 30.7. The van der Waals surface area contributed by atoms with E-state index >= 15 is 0 Å². The highest BCUT2D eigenvalue weighted by Gasteiger charge is 2.21. The molecule has 112 valence electrons. The second-order valence-electron chi connectivity index (χ2n) is 5.06. The molecule has 2 aromatic heterocycles. The number of aromatic nitrogens is 2. The number of hydrogen-bond acceptors (Lipinski definition) is 5. The van der Waals surface area contributed by atoms with Crippen molar-refractivity contribution in [3.05, 3.63) is 27.1 Å². The number of hydrogen-bond donors (Lipinski definition) is 1. The third kappa shape index (κ3) is 2.71. The number of methoxy groups -OCH3 is 1. The maximum absolute atomic E-state index is 12.5. The number of ether oxygens (including phenoxy) is 1. The lowest BCUT2D eigenvalue weighted by molar-refractivity contribution is -0.121. The van der Waals surface area contributed by atoms with Crippen LogP contribution in [0.1, 0.15) is 16.9 Å². The first-order chi connectivity index (χ1) is 10.2. The predicted molar refractivity (Wildman–Crippen MR) is 80.8 cm³/mol. The first kappa shape index (κ1) is 14.2. The van der Waals surface area contributed by atoms with E-state index in [9.17, 15) is 9.59 Å². The van der Waals surface area contributed by atoms with Crippen molar-refractivity contribution in [2.45, 2.75) is 25.8 Å². The first-order valence-corrected chi connectivity index (χ1v) is 7.77. The van der Waals surface area contributed by atoms with Gasteiger partial charge < -0.3 is 10.1 Å². The zero-order valence-corrected chi connectivity index (χ0v) is 12.7. The van der Waals surface area contributed by atoms with E-state index in [0.29, 0.717) is 18.5 Å². The lowest BCUT2D eigenvalue weighted by atomic mass is 10.2. The molecule has 0 aromatic carbocycles. The number of nitrogens with one attached hydrogen (secondary N) is 1. The predicted octanol–water partition coefficient (Wildman–Crippen LogP) is 0.709. The molecule has 7 heteroatoms. The molecule has 0 saturated carbocycles. The van der Waals surface area contributed by atoms with Gasteiger partial charge in [-0.1, -0.05) is 0 Å². The van der Waals surface area contributed by atoms with Gasteiger partial charge in [-0.15, -0.1) is 11.3 Å². The van der Waals surface area contributed by atoms with Crippen LogP contribution >= 0.6 is 11.3 Å². The molecule has 21 heavy (non-hydrogen) atoms. The Morgan fingerprint density at radius 1 is 1.52 bits per heavy atom. The van der Waals surface area contributed by atoms with Crippen LogP contribution in [-0.4, -0.2) is 35.7 Å². The SMILES string of the molecule is COCCNC(=O)Cn1cnc2sc3c(c2c1=O)CCC3. The Bertz CT molecular complexity index is 735. The highest BCUT2D eigenvalue weighted by atomic mass is 32.1. The van der Waals surface area contributed by atoms with Gasteiger partial charge in [-0.2, -0.15) is 0 Å². The fraction of sp³-hybridized carbons (Fsp3) is 0.500. The van der Waals surface area contributed by atoms with Gasteiger partial charge in [0.05, 0.1) is 18.3 Å². The normalized spacial score (nSPS) is 13.6. The summed E-state index contributed by atoms with van der Waals surface area (Å²) in [7, 11) is 1.58. The molecular weight excluding hydrogens is 290 g/mol. The smallest absolute Gasteiger partial charge is 0.262 e. The molecule has 0 saturated heterocycles. The second-order valence-corrected chi connectivity index (χ2v) is 6.14. The minimum absolute atomic E-state index is 0.00386. The Morgan fingerprint density at radius 2 is 2.38 bits per heavy atom. The zero-order valence-electron chi connectivity index (χ0n) is 11.8. The van der Waals surface area contributed by atoms with Crippen molar-refractivity contribution < 1.29 is 9.53 Å². The molecule has 1 aliphatic carbocycles. The van der Waals surface area contributed by atoms with Gasteiger partial charge in [-0.3, -0.25) is 14.2 Å². The fourth-order valence-corrected chi connectivity index (χ4v) is 3.85. The molecule has 0 radical (unpaired) electrons. The van der Waals surface area contributed by atoms with Crippen molar-refractivity contribution in [3.8, 4) is 0 Å². The molecule has 6 nitrogen and oxygen atoms in total. The topological polar surface area (TPSA) is 73.2 Å². The Hall–Kier alpha value is -1.73. The summed E-state index contributed by atoms with van der Waals surface area (Å²) >= 11 is 1.60. The van der Waals surface area contributed by atoms with E-state index in [2.05, 4.69) is 10.3 Å². The van der Waals surface area contributed by atoms with Crippen molar-refractivity contribution in [2.24, 2.45) is 0 Å². The number of carbonyl (C=O) groups is 1. The van der Waals surface area contributed by atoms with Crippen LogP contribution in [0.4, 0.5) is 0 Å². The Kier molecular flexibility index (Phi) is 4.03. The number of fused-ring (bicyclic) bond motifs is 3. The summed E-state index contributed by atoms with van der Waals surface area (Å²) in [6.07, 6.45) is 4.54. The van der Waals surface area contributed by atoms with Gasteiger partial charge in [0.15, 0.2) is 0 Å². The summed E-state index contributed by atoms with van der Waals surface area (Å²) < 4.78 is 6.25. The van der Waals surface area contributed by atoms with Crippen molar-refractivity contribution in [3.63, 3.8) is 0 Å². The fourth-order valence-electron chi connectivity index (χ4n) is 2.64. The molecule has 0 atom stereocenters. The molecule has 0 bridgehead atoms. The standard InChI is InChI=1S/C14H17N3O3S/c1-20-6-5-15-11(18)7-17-8-16-13-12(14(17)19)9-3-2-4-10(9)21-13/h8H,2-7H2,1H3,(H,15,18). The van der Waals surface area contributed by atoms with Crippen LogP contribution in [0, 0.1) is 0 Å². The van der Waals surface area contributed by atoms with Crippen LogP contribution in [0.15, 0.2) is 11.1 Å². The average Bonchev–Trinajstić information content (AvgIpc) is 3.02. The van der Waals surface area contributed by atoms with E-state index in [-0.39, 0.29) is 18.0 Å². The lowest BCUT2D eigenvalue weighted by Crippen LogP contribution is -2.34. The monoisotopic (exact) mass is 307 g/mol. The minimum atomic E-state index is -0.206. The summed E-state index contributed by atoms with van der Waals surface area (Å²) in [5.41, 5.74) is 1.03. The molecule has 2 heterocycles. The number of carbonyl (C=O) groups excluding carboxylic acids is 1. The van der Waals surface area contributed by atoms with Crippen molar-refractivity contribution in [2.75, 3.05) is 20.3 Å². The molecule has 0 aliphatic heterocycles. The summed E-state index contributed by atoms with van der Waals surface area (Å²) in [6.45, 7) is 0.889. The maximum atomic E-state index is 12.5. The molecule has 0 spiro atoms. The van der Waals surface area contributed by atoms with Crippen molar-refractivity contribution in [1.29, 1.82) is 0 Å². The third-order valence-electron chi connectivity index (χ3n) is 3.63.